The molecule has 0 bridgehead atoms. The van der Waals surface area contributed by atoms with E-state index in [0.717, 1.165) is 5.56 Å². The average molecular weight is 306 g/mol. The molecule has 0 heterocycles. The summed E-state index contributed by atoms with van der Waals surface area (Å²) < 4.78 is 26.6. The van der Waals surface area contributed by atoms with E-state index in [1.165, 1.54) is 18.2 Å². The Kier molecular flexibility index (Phi) is 4.85. The van der Waals surface area contributed by atoms with Crippen LogP contribution in [0.1, 0.15) is 18.1 Å². The molecule has 0 aliphatic heterocycles. The van der Waals surface area contributed by atoms with Gasteiger partial charge in [-0.1, -0.05) is 24.4 Å². The van der Waals surface area contributed by atoms with Crippen LogP contribution in [0.5, 0.6) is 0 Å². The molecule has 0 saturated heterocycles. The highest BCUT2D eigenvalue weighted by Gasteiger charge is 2.08. The summed E-state index contributed by atoms with van der Waals surface area (Å²) in [4.78, 5) is 0.0402. The molecule has 0 amide bonds. The number of nitrogens with one attached hydrogen (secondary N) is 1. The number of hydrogen-bond donors (Lipinski definition) is 2. The molecule has 1 atom stereocenters. The number of hydrogen-bond acceptors (Lipinski definition) is 2. The van der Waals surface area contributed by atoms with Gasteiger partial charge in [-0.3, -0.25) is 0 Å². The van der Waals surface area contributed by atoms with Crippen LogP contribution in [0, 0.1) is 11.6 Å². The molecule has 1 unspecified atom stereocenters. The van der Waals surface area contributed by atoms with Crippen LogP contribution in [-0.4, -0.2) is 11.0 Å². The van der Waals surface area contributed by atoms with Gasteiger partial charge >= 0.3 is 0 Å². The van der Waals surface area contributed by atoms with Gasteiger partial charge in [-0.25, -0.2) is 8.78 Å². The quantitative estimate of drug-likeness (QED) is 0.828. The summed E-state index contributed by atoms with van der Waals surface area (Å²) in [7, 11) is 0. The minimum atomic E-state index is -0.443. The largest absolute Gasteiger partial charge is 0.389 e. The molecule has 2 aromatic carbocycles. The van der Waals surface area contributed by atoms with E-state index >= 15 is 0 Å². The van der Waals surface area contributed by atoms with Crippen LogP contribution in [0.2, 0.25) is 0 Å². The van der Waals surface area contributed by atoms with Gasteiger partial charge in [0.05, 0.1) is 0 Å². The summed E-state index contributed by atoms with van der Waals surface area (Å²) in [5.74, 6) is -0.698. The molecule has 21 heavy (non-hydrogen) atoms. The maximum atomic E-state index is 13.8. The van der Waals surface area contributed by atoms with Gasteiger partial charge in [-0.15, -0.1) is 0 Å². The van der Waals surface area contributed by atoms with Gasteiger partial charge in [-0.2, -0.15) is 0 Å². The Morgan fingerprint density at radius 3 is 2.43 bits per heavy atom. The van der Waals surface area contributed by atoms with Crippen LogP contribution in [0.25, 0.3) is 0 Å². The third kappa shape index (κ3) is 4.23. The fourth-order valence-electron chi connectivity index (χ4n) is 2.11. The molecule has 110 valence electrons. The van der Waals surface area contributed by atoms with E-state index in [1.807, 2.05) is 6.92 Å². The molecule has 0 aliphatic carbocycles. The second-order valence-corrected chi connectivity index (χ2v) is 5.37. The summed E-state index contributed by atoms with van der Waals surface area (Å²) in [5, 5.41) is 3.19. The number of benzene rings is 2. The first-order chi connectivity index (χ1) is 9.95. The zero-order valence-electron chi connectivity index (χ0n) is 11.6. The van der Waals surface area contributed by atoms with Gasteiger partial charge in [-0.05, 0) is 49.2 Å². The number of anilines is 1. The third-order valence-electron chi connectivity index (χ3n) is 3.10. The van der Waals surface area contributed by atoms with Crippen molar-refractivity contribution in [3.63, 3.8) is 0 Å². The lowest BCUT2D eigenvalue weighted by atomic mass is 10.1. The summed E-state index contributed by atoms with van der Waals surface area (Å²) >= 11 is 4.76. The molecule has 0 aliphatic rings. The molecule has 0 fully saturated rings. The van der Waals surface area contributed by atoms with Crippen LogP contribution in [0.3, 0.4) is 0 Å². The lowest BCUT2D eigenvalue weighted by Gasteiger charge is -2.16. The van der Waals surface area contributed by atoms with Gasteiger partial charge in [0.15, 0.2) is 0 Å². The van der Waals surface area contributed by atoms with E-state index in [9.17, 15) is 8.78 Å². The maximum absolute atomic E-state index is 13.8. The number of rotatable bonds is 5. The molecular weight excluding hydrogens is 290 g/mol. The fraction of sp³-hybridized carbons (Fsp3) is 0.188. The first-order valence-corrected chi connectivity index (χ1v) is 6.97. The second-order valence-electron chi connectivity index (χ2n) is 4.93. The minimum absolute atomic E-state index is 0.0402. The average Bonchev–Trinajstić information content (AvgIpc) is 2.41. The normalized spacial score (nSPS) is 12.0. The van der Waals surface area contributed by atoms with Crippen LogP contribution in [0.15, 0.2) is 42.5 Å². The standard InChI is InChI=1S/C16H16F2N2S/c1-10(8-11-2-4-12(17)5-3-11)20-13-6-7-14(16(19)21)15(18)9-13/h2-7,9-10,20H,8H2,1H3,(H2,19,21). The van der Waals surface area contributed by atoms with Crippen molar-refractivity contribution in [2.24, 2.45) is 5.73 Å². The molecule has 0 radical (unpaired) electrons. The Hall–Kier alpha value is -2.01. The molecule has 3 N–H and O–H groups in total. The van der Waals surface area contributed by atoms with Crippen molar-refractivity contribution in [3.8, 4) is 0 Å². The molecule has 2 rings (SSSR count). The highest BCUT2D eigenvalue weighted by molar-refractivity contribution is 7.80. The molecule has 0 spiro atoms. The SMILES string of the molecule is CC(Cc1ccc(F)cc1)Nc1ccc(C(N)=S)c(F)c1. The summed E-state index contributed by atoms with van der Waals surface area (Å²) in [6.07, 6.45) is 0.707. The van der Waals surface area contributed by atoms with Crippen molar-refractivity contribution >= 4 is 22.9 Å². The topological polar surface area (TPSA) is 38.0 Å². The molecular formula is C16H16F2N2S. The Morgan fingerprint density at radius 1 is 1.19 bits per heavy atom. The van der Waals surface area contributed by atoms with Gasteiger partial charge in [0.2, 0.25) is 0 Å². The van der Waals surface area contributed by atoms with Crippen molar-refractivity contribution in [2.45, 2.75) is 19.4 Å². The molecule has 0 saturated carbocycles. The van der Waals surface area contributed by atoms with Crippen molar-refractivity contribution in [3.05, 3.63) is 65.2 Å². The molecule has 5 heteroatoms. The Bertz CT molecular complexity index is 641. The van der Waals surface area contributed by atoms with Crippen LogP contribution in [0.4, 0.5) is 14.5 Å². The zero-order valence-corrected chi connectivity index (χ0v) is 12.4. The zero-order chi connectivity index (χ0) is 15.4. The van der Waals surface area contributed by atoms with Crippen molar-refractivity contribution in [2.75, 3.05) is 5.32 Å². The Labute approximate surface area is 128 Å². The first kappa shape index (κ1) is 15.4. The van der Waals surface area contributed by atoms with Crippen molar-refractivity contribution in [1.29, 1.82) is 0 Å². The lowest BCUT2D eigenvalue weighted by Crippen LogP contribution is -2.19. The maximum Gasteiger partial charge on any atom is 0.135 e. The smallest absolute Gasteiger partial charge is 0.135 e. The van der Waals surface area contributed by atoms with E-state index in [4.69, 9.17) is 18.0 Å². The monoisotopic (exact) mass is 306 g/mol. The Balaban J connectivity index is 2.02. The van der Waals surface area contributed by atoms with E-state index in [-0.39, 0.29) is 22.4 Å². The van der Waals surface area contributed by atoms with Crippen molar-refractivity contribution < 1.29 is 8.78 Å². The fourth-order valence-corrected chi connectivity index (χ4v) is 2.28. The molecule has 0 aromatic heterocycles. The summed E-state index contributed by atoms with van der Waals surface area (Å²) in [6, 6.07) is 11.1. The number of thiocarbonyl (C=S) groups is 1. The minimum Gasteiger partial charge on any atom is -0.389 e. The van der Waals surface area contributed by atoms with Gasteiger partial charge in [0.1, 0.15) is 16.6 Å². The first-order valence-electron chi connectivity index (χ1n) is 6.56. The Morgan fingerprint density at radius 2 is 1.86 bits per heavy atom. The number of halogens is 2. The summed E-state index contributed by atoms with van der Waals surface area (Å²) in [6.45, 7) is 1.97. The third-order valence-corrected chi connectivity index (χ3v) is 3.32. The van der Waals surface area contributed by atoms with E-state index in [0.29, 0.717) is 12.1 Å². The highest BCUT2D eigenvalue weighted by Crippen LogP contribution is 2.16. The molecule has 2 nitrogen and oxygen atoms in total. The van der Waals surface area contributed by atoms with Crippen LogP contribution >= 0.6 is 12.2 Å². The number of nitrogens with two attached hydrogens (primary N) is 1. The predicted octanol–water partition coefficient (Wildman–Crippen LogP) is 3.64. The van der Waals surface area contributed by atoms with Crippen LogP contribution in [-0.2, 0) is 6.42 Å². The molecule has 2 aromatic rings. The van der Waals surface area contributed by atoms with Crippen molar-refractivity contribution in [1.82, 2.24) is 0 Å². The van der Waals surface area contributed by atoms with E-state index in [1.54, 1.807) is 24.3 Å². The van der Waals surface area contributed by atoms with E-state index in [2.05, 4.69) is 5.32 Å². The van der Waals surface area contributed by atoms with Crippen LogP contribution < -0.4 is 11.1 Å². The second kappa shape index (κ2) is 6.63. The highest BCUT2D eigenvalue weighted by atomic mass is 32.1. The predicted molar refractivity (Wildman–Crippen MR) is 85.5 cm³/mol. The summed E-state index contributed by atoms with van der Waals surface area (Å²) in [5.41, 5.74) is 7.32. The van der Waals surface area contributed by atoms with E-state index < -0.39 is 5.82 Å². The van der Waals surface area contributed by atoms with Gasteiger partial charge in [0, 0.05) is 17.3 Å². The lowest BCUT2D eigenvalue weighted by molar-refractivity contribution is 0.624. The van der Waals surface area contributed by atoms with Gasteiger partial charge in [0.25, 0.3) is 0 Å². The van der Waals surface area contributed by atoms with Gasteiger partial charge < -0.3 is 11.1 Å².